The number of aromatic amines is 1. The highest BCUT2D eigenvalue weighted by Crippen LogP contribution is 2.28. The zero-order valence-electron chi connectivity index (χ0n) is 17.3. The van der Waals surface area contributed by atoms with E-state index in [0.717, 1.165) is 69.5 Å². The second kappa shape index (κ2) is 7.86. The maximum Gasteiger partial charge on any atom is 0.274 e. The molecular weight excluding hydrogens is 364 g/mol. The molecule has 0 spiro atoms. The Bertz CT molecular complexity index is 907. The molecule has 5 rings (SSSR count). The number of nitrogens with one attached hydrogen (secondary N) is 1. The number of H-pyrrole nitrogens is 1. The van der Waals surface area contributed by atoms with Crippen LogP contribution < -0.4 is 0 Å². The molecule has 7 nitrogen and oxygen atoms in total. The lowest BCUT2D eigenvalue weighted by Gasteiger charge is -2.32. The summed E-state index contributed by atoms with van der Waals surface area (Å²) in [6, 6.07) is 0. The molecule has 2 aromatic heterocycles. The number of likely N-dealkylation sites (tertiary alicyclic amines) is 1. The average Bonchev–Trinajstić information content (AvgIpc) is 3.01. The van der Waals surface area contributed by atoms with Crippen LogP contribution in [0.4, 0.5) is 0 Å². The number of hydrogen-bond donors (Lipinski definition) is 1. The summed E-state index contributed by atoms with van der Waals surface area (Å²) < 4.78 is 0. The molecule has 1 aliphatic carbocycles. The molecule has 3 aliphatic rings. The van der Waals surface area contributed by atoms with Crippen molar-refractivity contribution in [3.63, 3.8) is 0 Å². The molecule has 1 fully saturated rings. The highest BCUT2D eigenvalue weighted by Gasteiger charge is 2.31. The van der Waals surface area contributed by atoms with Gasteiger partial charge >= 0.3 is 0 Å². The van der Waals surface area contributed by atoms with Crippen LogP contribution in [0.5, 0.6) is 0 Å². The third-order valence-electron chi connectivity index (χ3n) is 6.73. The summed E-state index contributed by atoms with van der Waals surface area (Å²) in [7, 11) is 2.14. The van der Waals surface area contributed by atoms with Crippen LogP contribution in [0.25, 0.3) is 0 Å². The summed E-state index contributed by atoms with van der Waals surface area (Å²) in [5.74, 6) is 1.20. The monoisotopic (exact) mass is 394 g/mol. The van der Waals surface area contributed by atoms with Gasteiger partial charge in [0.25, 0.3) is 5.91 Å². The molecule has 4 heterocycles. The number of hydrogen-bond acceptors (Lipinski definition) is 5. The molecule has 1 saturated heterocycles. The lowest BCUT2D eigenvalue weighted by Crippen LogP contribution is -2.40. The van der Waals surface area contributed by atoms with E-state index in [1.54, 1.807) is 0 Å². The van der Waals surface area contributed by atoms with E-state index in [9.17, 15) is 4.79 Å². The van der Waals surface area contributed by atoms with Crippen molar-refractivity contribution in [1.29, 1.82) is 0 Å². The third-order valence-corrected chi connectivity index (χ3v) is 6.73. The van der Waals surface area contributed by atoms with E-state index in [1.807, 2.05) is 11.1 Å². The van der Waals surface area contributed by atoms with Gasteiger partial charge in [-0.05, 0) is 45.6 Å². The SMILES string of the molecule is CN1CCc2nc([C@H]3CCCN(C(=O)c4n[nH]c5c4CCCCC5)C3)ncc2C1. The van der Waals surface area contributed by atoms with Crippen molar-refractivity contribution in [1.82, 2.24) is 30.0 Å². The molecule has 0 radical (unpaired) electrons. The summed E-state index contributed by atoms with van der Waals surface area (Å²) in [5, 5.41) is 7.57. The number of likely N-dealkylation sites (N-methyl/N-ethyl adjacent to an activating group) is 1. The summed E-state index contributed by atoms with van der Waals surface area (Å²) in [5.41, 5.74) is 5.41. The first-order valence-electron chi connectivity index (χ1n) is 11.1. The van der Waals surface area contributed by atoms with Crippen molar-refractivity contribution in [2.45, 2.75) is 63.8 Å². The molecule has 2 aliphatic heterocycles. The van der Waals surface area contributed by atoms with Crippen LogP contribution in [-0.2, 0) is 25.8 Å². The number of nitrogens with zero attached hydrogens (tertiary/aromatic N) is 5. The van der Waals surface area contributed by atoms with Gasteiger partial charge in [0.2, 0.25) is 0 Å². The number of aromatic nitrogens is 4. The smallest absolute Gasteiger partial charge is 0.274 e. The summed E-state index contributed by atoms with van der Waals surface area (Å²) in [6.07, 6.45) is 10.6. The molecule has 1 N–H and O–H groups in total. The number of piperidine rings is 1. The van der Waals surface area contributed by atoms with Gasteiger partial charge in [0.15, 0.2) is 5.69 Å². The molecule has 1 amide bonds. The van der Waals surface area contributed by atoms with Crippen molar-refractivity contribution >= 4 is 5.91 Å². The Balaban J connectivity index is 1.33. The number of fused-ring (bicyclic) bond motifs is 2. The Morgan fingerprint density at radius 2 is 2.03 bits per heavy atom. The Morgan fingerprint density at radius 3 is 2.97 bits per heavy atom. The lowest BCUT2D eigenvalue weighted by atomic mass is 9.95. The first kappa shape index (κ1) is 18.7. The maximum absolute atomic E-state index is 13.3. The van der Waals surface area contributed by atoms with Crippen molar-refractivity contribution in [3.05, 3.63) is 40.2 Å². The predicted molar refractivity (Wildman–Crippen MR) is 110 cm³/mol. The van der Waals surface area contributed by atoms with E-state index in [-0.39, 0.29) is 11.8 Å². The van der Waals surface area contributed by atoms with Gasteiger partial charge in [-0.2, -0.15) is 5.10 Å². The topological polar surface area (TPSA) is 78.0 Å². The fraction of sp³-hybridized carbons (Fsp3) is 0.636. The molecular formula is C22H30N6O. The Labute approximate surface area is 171 Å². The fourth-order valence-electron chi connectivity index (χ4n) is 5.03. The van der Waals surface area contributed by atoms with Gasteiger partial charge in [-0.15, -0.1) is 0 Å². The quantitative estimate of drug-likeness (QED) is 0.792. The zero-order valence-corrected chi connectivity index (χ0v) is 17.3. The largest absolute Gasteiger partial charge is 0.337 e. The molecule has 0 saturated carbocycles. The Kier molecular flexibility index (Phi) is 5.08. The van der Waals surface area contributed by atoms with E-state index in [0.29, 0.717) is 12.2 Å². The van der Waals surface area contributed by atoms with Crippen molar-refractivity contribution in [2.75, 3.05) is 26.7 Å². The molecule has 0 aromatic carbocycles. The molecule has 1 atom stereocenters. The van der Waals surface area contributed by atoms with Gasteiger partial charge in [0.05, 0.1) is 0 Å². The normalized spacial score (nSPS) is 22.7. The second-order valence-electron chi connectivity index (χ2n) is 8.87. The van der Waals surface area contributed by atoms with E-state index in [1.165, 1.54) is 29.8 Å². The van der Waals surface area contributed by atoms with Crippen molar-refractivity contribution in [3.8, 4) is 0 Å². The van der Waals surface area contributed by atoms with E-state index in [4.69, 9.17) is 9.97 Å². The Morgan fingerprint density at radius 1 is 1.14 bits per heavy atom. The number of amides is 1. The van der Waals surface area contributed by atoms with E-state index >= 15 is 0 Å². The highest BCUT2D eigenvalue weighted by molar-refractivity contribution is 5.94. The highest BCUT2D eigenvalue weighted by atomic mass is 16.2. The van der Waals surface area contributed by atoms with Crippen LogP contribution in [-0.4, -0.2) is 62.6 Å². The zero-order chi connectivity index (χ0) is 19.8. The van der Waals surface area contributed by atoms with Gasteiger partial charge in [0.1, 0.15) is 5.82 Å². The second-order valence-corrected chi connectivity index (χ2v) is 8.87. The number of aryl methyl sites for hydroxylation is 1. The molecule has 7 heteroatoms. The van der Waals surface area contributed by atoms with Crippen LogP contribution in [0.1, 0.15) is 76.8 Å². The van der Waals surface area contributed by atoms with Crippen LogP contribution in [0, 0.1) is 0 Å². The van der Waals surface area contributed by atoms with Gasteiger partial charge in [0, 0.05) is 67.2 Å². The van der Waals surface area contributed by atoms with Crippen molar-refractivity contribution < 1.29 is 4.79 Å². The average molecular weight is 395 g/mol. The summed E-state index contributed by atoms with van der Waals surface area (Å²) in [4.78, 5) is 27.2. The minimum Gasteiger partial charge on any atom is -0.337 e. The third kappa shape index (κ3) is 3.68. The van der Waals surface area contributed by atoms with Gasteiger partial charge in [-0.3, -0.25) is 9.89 Å². The lowest BCUT2D eigenvalue weighted by molar-refractivity contribution is 0.0697. The number of rotatable bonds is 2. The number of carbonyl (C=O) groups is 1. The van der Waals surface area contributed by atoms with Crippen molar-refractivity contribution in [2.24, 2.45) is 0 Å². The molecule has 2 aromatic rings. The van der Waals surface area contributed by atoms with Crippen LogP contribution in [0.15, 0.2) is 6.20 Å². The van der Waals surface area contributed by atoms with Gasteiger partial charge in [-0.1, -0.05) is 6.42 Å². The Hall–Kier alpha value is -2.28. The first-order chi connectivity index (χ1) is 14.2. The molecule has 154 valence electrons. The predicted octanol–water partition coefficient (Wildman–Crippen LogP) is 2.48. The molecule has 0 unspecified atom stereocenters. The van der Waals surface area contributed by atoms with Gasteiger partial charge in [-0.25, -0.2) is 9.97 Å². The van der Waals surface area contributed by atoms with E-state index in [2.05, 4.69) is 22.1 Å². The van der Waals surface area contributed by atoms with Crippen LogP contribution in [0.3, 0.4) is 0 Å². The molecule has 0 bridgehead atoms. The minimum absolute atomic E-state index is 0.0775. The van der Waals surface area contributed by atoms with Crippen LogP contribution >= 0.6 is 0 Å². The maximum atomic E-state index is 13.3. The summed E-state index contributed by atoms with van der Waals surface area (Å²) in [6.45, 7) is 3.46. The van der Waals surface area contributed by atoms with Crippen LogP contribution in [0.2, 0.25) is 0 Å². The minimum atomic E-state index is 0.0775. The summed E-state index contributed by atoms with van der Waals surface area (Å²) >= 11 is 0. The molecule has 29 heavy (non-hydrogen) atoms. The van der Waals surface area contributed by atoms with Gasteiger partial charge < -0.3 is 9.80 Å². The number of carbonyl (C=O) groups excluding carboxylic acids is 1. The van der Waals surface area contributed by atoms with E-state index < -0.39 is 0 Å². The fourth-order valence-corrected chi connectivity index (χ4v) is 5.03. The first-order valence-corrected chi connectivity index (χ1v) is 11.1. The standard InChI is InChI=1S/C22H30N6O/c1-27-11-9-18-16(13-27)12-23-21(24-18)15-6-5-10-28(14-15)22(29)20-17-7-3-2-4-8-19(17)25-26-20/h12,15H,2-11,13-14H2,1H3,(H,25,26)/t15-/m0/s1.